The highest BCUT2D eigenvalue weighted by atomic mass is 16.2. The Balaban J connectivity index is 2.50. The number of urea groups is 1. The third-order valence-electron chi connectivity index (χ3n) is 2.10. The zero-order valence-electron chi connectivity index (χ0n) is 9.55. The normalized spacial score (nSPS) is 17.7. The lowest BCUT2D eigenvalue weighted by Crippen LogP contribution is -2.49. The van der Waals surface area contributed by atoms with Crippen molar-refractivity contribution in [1.29, 1.82) is 0 Å². The molecule has 1 aliphatic rings. The van der Waals surface area contributed by atoms with Crippen LogP contribution in [0.25, 0.3) is 0 Å². The standard InChI is InChI=1S/C11H20N2O/c1-9-6-5-7-13(8-9)10(14)12-11(2,3)4/h6H,5,7-8H2,1-4H3,(H,12,14). The van der Waals surface area contributed by atoms with Crippen molar-refractivity contribution in [1.82, 2.24) is 10.2 Å². The molecular formula is C11H20N2O. The lowest BCUT2D eigenvalue weighted by molar-refractivity contribution is 0.191. The number of carbonyl (C=O) groups excluding carboxylic acids is 1. The first-order valence-corrected chi connectivity index (χ1v) is 5.11. The van der Waals surface area contributed by atoms with Gasteiger partial charge in [-0.3, -0.25) is 0 Å². The summed E-state index contributed by atoms with van der Waals surface area (Å²) in [6.45, 7) is 9.66. The Bertz CT molecular complexity index is 251. The maximum Gasteiger partial charge on any atom is 0.318 e. The molecule has 1 aliphatic heterocycles. The van der Waals surface area contributed by atoms with E-state index in [1.54, 1.807) is 0 Å². The molecule has 0 saturated heterocycles. The molecule has 0 spiro atoms. The van der Waals surface area contributed by atoms with Crippen molar-refractivity contribution in [2.45, 2.75) is 39.7 Å². The van der Waals surface area contributed by atoms with Crippen molar-refractivity contribution in [3.05, 3.63) is 11.6 Å². The van der Waals surface area contributed by atoms with Crippen LogP contribution in [0.4, 0.5) is 4.79 Å². The molecule has 0 aromatic carbocycles. The molecule has 3 heteroatoms. The van der Waals surface area contributed by atoms with E-state index in [1.807, 2.05) is 25.7 Å². The van der Waals surface area contributed by atoms with Crippen molar-refractivity contribution < 1.29 is 4.79 Å². The second-order valence-electron chi connectivity index (χ2n) is 4.94. The van der Waals surface area contributed by atoms with Gasteiger partial charge in [0.25, 0.3) is 0 Å². The van der Waals surface area contributed by atoms with E-state index in [-0.39, 0.29) is 11.6 Å². The average Bonchev–Trinajstić information content (AvgIpc) is 2.01. The molecule has 0 fully saturated rings. The Hall–Kier alpha value is -0.990. The Morgan fingerprint density at radius 2 is 2.14 bits per heavy atom. The molecule has 3 nitrogen and oxygen atoms in total. The Kier molecular flexibility index (Phi) is 3.19. The molecule has 0 radical (unpaired) electrons. The van der Waals surface area contributed by atoms with Crippen molar-refractivity contribution in [2.24, 2.45) is 0 Å². The van der Waals surface area contributed by atoms with Crippen LogP contribution < -0.4 is 5.32 Å². The molecule has 0 atom stereocenters. The SMILES string of the molecule is CC1=CCCN(C(=O)NC(C)(C)C)C1. The van der Waals surface area contributed by atoms with E-state index in [1.165, 1.54) is 5.57 Å². The van der Waals surface area contributed by atoms with E-state index in [0.29, 0.717) is 0 Å². The Morgan fingerprint density at radius 1 is 1.50 bits per heavy atom. The second kappa shape index (κ2) is 4.03. The maximum atomic E-state index is 11.7. The zero-order chi connectivity index (χ0) is 10.8. The predicted octanol–water partition coefficient (Wildman–Crippen LogP) is 2.15. The van der Waals surface area contributed by atoms with Crippen LogP contribution in [0, 0.1) is 0 Å². The van der Waals surface area contributed by atoms with Crippen LogP contribution in [-0.2, 0) is 0 Å². The molecule has 14 heavy (non-hydrogen) atoms. The number of nitrogens with one attached hydrogen (secondary N) is 1. The monoisotopic (exact) mass is 196 g/mol. The van der Waals surface area contributed by atoms with Gasteiger partial charge in [0, 0.05) is 18.6 Å². The van der Waals surface area contributed by atoms with Gasteiger partial charge in [-0.1, -0.05) is 11.6 Å². The van der Waals surface area contributed by atoms with Crippen LogP contribution in [-0.4, -0.2) is 29.6 Å². The summed E-state index contributed by atoms with van der Waals surface area (Å²) in [7, 11) is 0. The van der Waals surface area contributed by atoms with Crippen LogP contribution >= 0.6 is 0 Å². The number of hydrogen-bond donors (Lipinski definition) is 1. The molecule has 0 aliphatic carbocycles. The number of nitrogens with zero attached hydrogens (tertiary/aromatic N) is 1. The molecule has 2 amide bonds. The third kappa shape index (κ3) is 3.40. The van der Waals surface area contributed by atoms with E-state index in [0.717, 1.165) is 19.5 Å². The second-order valence-corrected chi connectivity index (χ2v) is 4.94. The highest BCUT2D eigenvalue weighted by Gasteiger charge is 2.20. The van der Waals surface area contributed by atoms with E-state index < -0.39 is 0 Å². The molecule has 1 rings (SSSR count). The molecule has 80 valence electrons. The molecule has 1 N–H and O–H groups in total. The minimum Gasteiger partial charge on any atom is -0.333 e. The first kappa shape index (κ1) is 11.1. The lowest BCUT2D eigenvalue weighted by atomic mass is 10.1. The van der Waals surface area contributed by atoms with Crippen LogP contribution in [0.1, 0.15) is 34.1 Å². The summed E-state index contributed by atoms with van der Waals surface area (Å²) in [6.07, 6.45) is 3.17. The summed E-state index contributed by atoms with van der Waals surface area (Å²) in [6, 6.07) is 0.0463. The van der Waals surface area contributed by atoms with Crippen LogP contribution in [0.15, 0.2) is 11.6 Å². The smallest absolute Gasteiger partial charge is 0.318 e. The highest BCUT2D eigenvalue weighted by Crippen LogP contribution is 2.10. The van der Waals surface area contributed by atoms with Crippen molar-refractivity contribution in [3.63, 3.8) is 0 Å². The minimum atomic E-state index is -0.147. The molecule has 0 saturated carbocycles. The number of carbonyl (C=O) groups is 1. The summed E-state index contributed by atoms with van der Waals surface area (Å²) >= 11 is 0. The predicted molar refractivity (Wildman–Crippen MR) is 58.2 cm³/mol. The lowest BCUT2D eigenvalue weighted by Gasteiger charge is -2.30. The van der Waals surface area contributed by atoms with Gasteiger partial charge < -0.3 is 10.2 Å². The van der Waals surface area contributed by atoms with Gasteiger partial charge >= 0.3 is 6.03 Å². The molecule has 0 aromatic rings. The van der Waals surface area contributed by atoms with Gasteiger partial charge in [-0.15, -0.1) is 0 Å². The fourth-order valence-corrected chi connectivity index (χ4v) is 1.48. The molecule has 0 unspecified atom stereocenters. The summed E-state index contributed by atoms with van der Waals surface area (Å²) in [4.78, 5) is 13.6. The van der Waals surface area contributed by atoms with Crippen molar-refractivity contribution in [3.8, 4) is 0 Å². The summed E-state index contributed by atoms with van der Waals surface area (Å²) in [5.41, 5.74) is 1.13. The largest absolute Gasteiger partial charge is 0.333 e. The number of hydrogen-bond acceptors (Lipinski definition) is 1. The third-order valence-corrected chi connectivity index (χ3v) is 2.10. The quantitative estimate of drug-likeness (QED) is 0.591. The van der Waals surface area contributed by atoms with Gasteiger partial charge in [0.15, 0.2) is 0 Å². The van der Waals surface area contributed by atoms with Gasteiger partial charge in [0.05, 0.1) is 0 Å². The number of amides is 2. The Labute approximate surface area is 86.2 Å². The molecular weight excluding hydrogens is 176 g/mol. The van der Waals surface area contributed by atoms with Crippen molar-refractivity contribution >= 4 is 6.03 Å². The van der Waals surface area contributed by atoms with Gasteiger partial charge in [-0.2, -0.15) is 0 Å². The van der Waals surface area contributed by atoms with Gasteiger partial charge in [-0.25, -0.2) is 4.79 Å². The summed E-state index contributed by atoms with van der Waals surface area (Å²) < 4.78 is 0. The first-order valence-electron chi connectivity index (χ1n) is 5.11. The molecule has 0 aromatic heterocycles. The summed E-state index contributed by atoms with van der Waals surface area (Å²) in [5.74, 6) is 0. The van der Waals surface area contributed by atoms with Gasteiger partial charge in [0.1, 0.15) is 0 Å². The van der Waals surface area contributed by atoms with E-state index in [9.17, 15) is 4.79 Å². The number of rotatable bonds is 0. The first-order chi connectivity index (χ1) is 6.38. The minimum absolute atomic E-state index is 0.0463. The van der Waals surface area contributed by atoms with Crippen LogP contribution in [0.5, 0.6) is 0 Å². The van der Waals surface area contributed by atoms with E-state index >= 15 is 0 Å². The average molecular weight is 196 g/mol. The van der Waals surface area contributed by atoms with Gasteiger partial charge in [-0.05, 0) is 34.1 Å². The molecule has 0 bridgehead atoms. The Morgan fingerprint density at radius 3 is 2.64 bits per heavy atom. The fraction of sp³-hybridized carbons (Fsp3) is 0.727. The van der Waals surface area contributed by atoms with E-state index in [4.69, 9.17) is 0 Å². The zero-order valence-corrected chi connectivity index (χ0v) is 9.55. The van der Waals surface area contributed by atoms with Crippen molar-refractivity contribution in [2.75, 3.05) is 13.1 Å². The fourth-order valence-electron chi connectivity index (χ4n) is 1.48. The van der Waals surface area contributed by atoms with E-state index in [2.05, 4.69) is 18.3 Å². The van der Waals surface area contributed by atoms with Gasteiger partial charge in [0.2, 0.25) is 0 Å². The molecule has 1 heterocycles. The maximum absolute atomic E-state index is 11.7. The summed E-state index contributed by atoms with van der Waals surface area (Å²) in [5, 5.41) is 2.97. The van der Waals surface area contributed by atoms with Crippen LogP contribution in [0.3, 0.4) is 0 Å². The van der Waals surface area contributed by atoms with Crippen LogP contribution in [0.2, 0.25) is 0 Å². The highest BCUT2D eigenvalue weighted by molar-refractivity contribution is 5.75. The topological polar surface area (TPSA) is 32.3 Å².